The summed E-state index contributed by atoms with van der Waals surface area (Å²) < 4.78 is 0. The third kappa shape index (κ3) is 11.3. The molecular formula is C6H16Cl2N4O2. The largest absolute Gasteiger partial charge is 0.480 e. The van der Waals surface area contributed by atoms with Crippen molar-refractivity contribution in [2.75, 3.05) is 6.54 Å². The van der Waals surface area contributed by atoms with Crippen LogP contribution in [0.1, 0.15) is 12.8 Å². The van der Waals surface area contributed by atoms with E-state index in [9.17, 15) is 4.79 Å². The SMILES string of the molecule is Cl.Cl.NC(N)=NCCC[C@@H](N)C(=O)O. The minimum Gasteiger partial charge on any atom is -0.480 e. The number of hydrogen-bond acceptors (Lipinski definition) is 3. The van der Waals surface area contributed by atoms with Gasteiger partial charge in [0.2, 0.25) is 0 Å². The van der Waals surface area contributed by atoms with Gasteiger partial charge in [0.25, 0.3) is 0 Å². The molecule has 0 spiro atoms. The highest BCUT2D eigenvalue weighted by molar-refractivity contribution is 5.85. The van der Waals surface area contributed by atoms with E-state index >= 15 is 0 Å². The van der Waals surface area contributed by atoms with Gasteiger partial charge in [0, 0.05) is 6.54 Å². The van der Waals surface area contributed by atoms with Crippen LogP contribution in [0.5, 0.6) is 0 Å². The molecule has 0 amide bonds. The average molecular weight is 247 g/mol. The lowest BCUT2D eigenvalue weighted by Gasteiger charge is -2.03. The van der Waals surface area contributed by atoms with Crippen molar-refractivity contribution in [3.8, 4) is 0 Å². The first-order valence-electron chi connectivity index (χ1n) is 3.58. The maximum Gasteiger partial charge on any atom is 0.320 e. The molecule has 7 N–H and O–H groups in total. The standard InChI is InChI=1S/C6H14N4O2.2ClH/c7-4(5(11)12)2-1-3-10-6(8)9;;/h4H,1-3,7H2,(H,11,12)(H4,8,9,10);2*1H/t4-;;/m1../s1. The van der Waals surface area contributed by atoms with Crippen LogP contribution < -0.4 is 17.2 Å². The molecule has 6 nitrogen and oxygen atoms in total. The molecule has 0 aromatic carbocycles. The van der Waals surface area contributed by atoms with Gasteiger partial charge in [-0.05, 0) is 12.8 Å². The smallest absolute Gasteiger partial charge is 0.320 e. The summed E-state index contributed by atoms with van der Waals surface area (Å²) in [4.78, 5) is 13.9. The summed E-state index contributed by atoms with van der Waals surface area (Å²) in [6.07, 6.45) is 0.956. The van der Waals surface area contributed by atoms with E-state index in [1.165, 1.54) is 0 Å². The molecule has 0 fully saturated rings. The molecular weight excluding hydrogens is 231 g/mol. The first kappa shape index (κ1) is 18.9. The van der Waals surface area contributed by atoms with Crippen molar-refractivity contribution in [2.45, 2.75) is 18.9 Å². The third-order valence-electron chi connectivity index (χ3n) is 1.28. The predicted molar refractivity (Wildman–Crippen MR) is 60.0 cm³/mol. The first-order chi connectivity index (χ1) is 5.54. The molecule has 0 aromatic heterocycles. The van der Waals surface area contributed by atoms with Crippen molar-refractivity contribution >= 4 is 36.7 Å². The number of halogens is 2. The Labute approximate surface area is 94.7 Å². The van der Waals surface area contributed by atoms with E-state index in [2.05, 4.69) is 4.99 Å². The Morgan fingerprint density at radius 3 is 2.21 bits per heavy atom. The highest BCUT2D eigenvalue weighted by Crippen LogP contribution is 1.94. The number of aliphatic carboxylic acids is 1. The van der Waals surface area contributed by atoms with Crippen LogP contribution in [0.25, 0.3) is 0 Å². The number of guanidine groups is 1. The lowest BCUT2D eigenvalue weighted by Crippen LogP contribution is -2.30. The van der Waals surface area contributed by atoms with Crippen LogP contribution >= 0.6 is 24.8 Å². The second-order valence-electron chi connectivity index (χ2n) is 2.39. The molecule has 0 aliphatic heterocycles. The Kier molecular flexibility index (Phi) is 14.0. The number of carbonyl (C=O) groups is 1. The fraction of sp³-hybridized carbons (Fsp3) is 0.667. The van der Waals surface area contributed by atoms with Crippen molar-refractivity contribution < 1.29 is 9.90 Å². The molecule has 0 saturated carbocycles. The van der Waals surface area contributed by atoms with E-state index in [0.29, 0.717) is 19.4 Å². The minimum absolute atomic E-state index is 0. The molecule has 0 unspecified atom stereocenters. The van der Waals surface area contributed by atoms with Gasteiger partial charge in [0.1, 0.15) is 6.04 Å². The second kappa shape index (κ2) is 10.4. The van der Waals surface area contributed by atoms with Crippen molar-refractivity contribution in [1.29, 1.82) is 0 Å². The zero-order valence-electron chi connectivity index (χ0n) is 7.55. The van der Waals surface area contributed by atoms with Gasteiger partial charge in [0.15, 0.2) is 5.96 Å². The van der Waals surface area contributed by atoms with Gasteiger partial charge in [-0.3, -0.25) is 9.79 Å². The van der Waals surface area contributed by atoms with E-state index < -0.39 is 12.0 Å². The van der Waals surface area contributed by atoms with Crippen molar-refractivity contribution in [3.05, 3.63) is 0 Å². The molecule has 0 aliphatic rings. The molecule has 14 heavy (non-hydrogen) atoms. The fourth-order valence-electron chi connectivity index (χ4n) is 0.643. The van der Waals surface area contributed by atoms with E-state index in [-0.39, 0.29) is 30.8 Å². The number of aliphatic imine (C=N–C) groups is 1. The Balaban J connectivity index is -0.000000605. The molecule has 86 valence electrons. The number of carboxylic acid groups (broad SMARTS) is 1. The Hall–Kier alpha value is -0.720. The summed E-state index contributed by atoms with van der Waals surface area (Å²) in [6, 6.07) is -0.820. The van der Waals surface area contributed by atoms with E-state index in [1.807, 2.05) is 0 Å². The predicted octanol–water partition coefficient (Wildman–Crippen LogP) is -0.704. The lowest BCUT2D eigenvalue weighted by molar-refractivity contribution is -0.138. The van der Waals surface area contributed by atoms with E-state index in [4.69, 9.17) is 22.3 Å². The van der Waals surface area contributed by atoms with Crippen molar-refractivity contribution in [2.24, 2.45) is 22.2 Å². The molecule has 0 saturated heterocycles. The third-order valence-corrected chi connectivity index (χ3v) is 1.28. The summed E-state index contributed by atoms with van der Waals surface area (Å²) >= 11 is 0. The normalized spacial score (nSPS) is 10.4. The maximum absolute atomic E-state index is 10.2. The van der Waals surface area contributed by atoms with Gasteiger partial charge >= 0.3 is 5.97 Å². The van der Waals surface area contributed by atoms with Gasteiger partial charge in [-0.1, -0.05) is 0 Å². The van der Waals surface area contributed by atoms with Gasteiger partial charge in [0.05, 0.1) is 0 Å². The lowest BCUT2D eigenvalue weighted by atomic mass is 10.2. The molecule has 0 bridgehead atoms. The molecule has 0 aromatic rings. The minimum atomic E-state index is -1.00. The first-order valence-corrected chi connectivity index (χ1v) is 3.58. The summed E-state index contributed by atoms with van der Waals surface area (Å²) in [7, 11) is 0. The molecule has 0 heterocycles. The van der Waals surface area contributed by atoms with Crippen LogP contribution in [0.3, 0.4) is 0 Å². The topological polar surface area (TPSA) is 128 Å². The number of rotatable bonds is 5. The van der Waals surface area contributed by atoms with Crippen LogP contribution in [0.2, 0.25) is 0 Å². The Morgan fingerprint density at radius 1 is 1.36 bits per heavy atom. The van der Waals surface area contributed by atoms with Crippen LogP contribution in [-0.2, 0) is 4.79 Å². The van der Waals surface area contributed by atoms with E-state index in [0.717, 1.165) is 0 Å². The zero-order valence-corrected chi connectivity index (χ0v) is 9.18. The molecule has 0 radical (unpaired) electrons. The van der Waals surface area contributed by atoms with Gasteiger partial charge in [-0.25, -0.2) is 0 Å². The molecule has 1 atom stereocenters. The summed E-state index contributed by atoms with van der Waals surface area (Å²) in [5.41, 5.74) is 15.3. The molecule has 8 heteroatoms. The van der Waals surface area contributed by atoms with Crippen LogP contribution in [0.4, 0.5) is 0 Å². The number of carboxylic acids is 1. The summed E-state index contributed by atoms with van der Waals surface area (Å²) in [6.45, 7) is 0.420. The second-order valence-corrected chi connectivity index (χ2v) is 2.39. The highest BCUT2D eigenvalue weighted by Gasteiger charge is 2.09. The number of hydrogen-bond donors (Lipinski definition) is 4. The average Bonchev–Trinajstić information content (AvgIpc) is 1.97. The van der Waals surface area contributed by atoms with Gasteiger partial charge < -0.3 is 22.3 Å². The number of nitrogens with zero attached hydrogens (tertiary/aromatic N) is 1. The molecule has 0 aliphatic carbocycles. The van der Waals surface area contributed by atoms with Crippen LogP contribution in [0, 0.1) is 0 Å². The summed E-state index contributed by atoms with van der Waals surface area (Å²) in [5.74, 6) is -0.987. The monoisotopic (exact) mass is 246 g/mol. The Morgan fingerprint density at radius 2 is 1.86 bits per heavy atom. The summed E-state index contributed by atoms with van der Waals surface area (Å²) in [5, 5.41) is 8.38. The quantitative estimate of drug-likeness (QED) is 0.290. The van der Waals surface area contributed by atoms with Gasteiger partial charge in [-0.15, -0.1) is 24.8 Å². The van der Waals surface area contributed by atoms with Crippen LogP contribution in [0.15, 0.2) is 4.99 Å². The highest BCUT2D eigenvalue weighted by atomic mass is 35.5. The number of nitrogens with two attached hydrogens (primary N) is 3. The van der Waals surface area contributed by atoms with Gasteiger partial charge in [-0.2, -0.15) is 0 Å². The van der Waals surface area contributed by atoms with Crippen LogP contribution in [-0.4, -0.2) is 29.6 Å². The van der Waals surface area contributed by atoms with E-state index in [1.54, 1.807) is 0 Å². The maximum atomic E-state index is 10.2. The van der Waals surface area contributed by atoms with Crippen molar-refractivity contribution in [3.63, 3.8) is 0 Å². The zero-order chi connectivity index (χ0) is 9.56. The molecule has 0 rings (SSSR count). The van der Waals surface area contributed by atoms with Crippen molar-refractivity contribution in [1.82, 2.24) is 0 Å². The Bertz CT molecular complexity index is 185. The fourth-order valence-corrected chi connectivity index (χ4v) is 0.643.